The molecule has 3 rings (SSSR count). The molecule has 0 aliphatic carbocycles. The van der Waals surface area contributed by atoms with E-state index in [4.69, 9.17) is 11.6 Å². The van der Waals surface area contributed by atoms with Gasteiger partial charge in [0.1, 0.15) is 5.69 Å². The van der Waals surface area contributed by atoms with E-state index in [1.54, 1.807) is 6.20 Å². The summed E-state index contributed by atoms with van der Waals surface area (Å²) in [5.74, 6) is -0.176. The number of aromatic nitrogens is 2. The Bertz CT molecular complexity index is 749. The third-order valence-electron chi connectivity index (χ3n) is 2.89. The van der Waals surface area contributed by atoms with Crippen LogP contribution in [0.1, 0.15) is 10.5 Å². The van der Waals surface area contributed by atoms with Gasteiger partial charge < -0.3 is 4.57 Å². The molecule has 2 aromatic heterocycles. The van der Waals surface area contributed by atoms with Crippen molar-refractivity contribution in [1.82, 2.24) is 9.55 Å². The van der Waals surface area contributed by atoms with Crippen molar-refractivity contribution in [3.8, 4) is 0 Å². The summed E-state index contributed by atoms with van der Waals surface area (Å²) in [5.41, 5.74) is 1.50. The lowest BCUT2D eigenvalue weighted by atomic mass is 10.2. The molecule has 0 saturated heterocycles. The van der Waals surface area contributed by atoms with Crippen LogP contribution in [-0.2, 0) is 7.05 Å². The van der Waals surface area contributed by atoms with Gasteiger partial charge in [0.2, 0.25) is 0 Å². The van der Waals surface area contributed by atoms with E-state index in [1.807, 2.05) is 41.3 Å². The zero-order chi connectivity index (χ0) is 13.4. The molecule has 0 unspecified atom stereocenters. The lowest BCUT2D eigenvalue weighted by Gasteiger charge is -2.03. The predicted molar refractivity (Wildman–Crippen MR) is 78.0 cm³/mol. The molecule has 0 aliphatic rings. The van der Waals surface area contributed by atoms with E-state index in [0.717, 1.165) is 10.9 Å². The maximum Gasteiger partial charge on any atom is 0.274 e. The Hall–Kier alpha value is -1.85. The molecule has 1 amide bonds. The van der Waals surface area contributed by atoms with E-state index in [9.17, 15) is 4.79 Å². The van der Waals surface area contributed by atoms with Gasteiger partial charge >= 0.3 is 0 Å². The molecular weight excluding hydrogens is 282 g/mol. The number of fused-ring (bicyclic) bond motifs is 1. The number of halogens is 1. The lowest BCUT2D eigenvalue weighted by Crippen LogP contribution is -2.15. The van der Waals surface area contributed by atoms with Crippen LogP contribution in [0.4, 0.5) is 5.13 Å². The van der Waals surface area contributed by atoms with Crippen molar-refractivity contribution in [2.75, 3.05) is 5.32 Å². The Morgan fingerprint density at radius 1 is 1.42 bits per heavy atom. The highest BCUT2D eigenvalue weighted by Crippen LogP contribution is 2.23. The number of benzene rings is 1. The molecule has 0 atom stereocenters. The summed E-state index contributed by atoms with van der Waals surface area (Å²) in [6.07, 6.45) is 1.65. The van der Waals surface area contributed by atoms with E-state index in [2.05, 4.69) is 10.3 Å². The first kappa shape index (κ1) is 12.2. The van der Waals surface area contributed by atoms with Gasteiger partial charge in [-0.05, 0) is 18.2 Å². The molecular formula is C13H10ClN3OS. The van der Waals surface area contributed by atoms with Crippen molar-refractivity contribution in [1.29, 1.82) is 0 Å². The van der Waals surface area contributed by atoms with Crippen molar-refractivity contribution in [3.63, 3.8) is 0 Å². The van der Waals surface area contributed by atoms with Crippen molar-refractivity contribution in [3.05, 3.63) is 46.6 Å². The normalized spacial score (nSPS) is 10.8. The van der Waals surface area contributed by atoms with Crippen molar-refractivity contribution >= 4 is 44.9 Å². The number of aryl methyl sites for hydroxylation is 1. The maximum absolute atomic E-state index is 12.2. The van der Waals surface area contributed by atoms with Crippen LogP contribution >= 0.6 is 22.9 Å². The molecule has 0 spiro atoms. The number of rotatable bonds is 2. The molecule has 4 nitrogen and oxygen atoms in total. The average Bonchev–Trinajstić information content (AvgIpc) is 2.98. The predicted octanol–water partition coefficient (Wildman–Crippen LogP) is 3.54. The van der Waals surface area contributed by atoms with Gasteiger partial charge in [-0.1, -0.05) is 17.7 Å². The number of nitrogens with one attached hydrogen (secondary N) is 1. The van der Waals surface area contributed by atoms with Crippen molar-refractivity contribution in [2.45, 2.75) is 0 Å². The molecule has 96 valence electrons. The number of thiazole rings is 1. The molecule has 2 heterocycles. The number of carbonyl (C=O) groups is 1. The summed E-state index contributed by atoms with van der Waals surface area (Å²) in [6, 6.07) is 7.40. The first-order chi connectivity index (χ1) is 9.15. The molecule has 1 aromatic carbocycles. The minimum atomic E-state index is -0.176. The highest BCUT2D eigenvalue weighted by atomic mass is 35.5. The van der Waals surface area contributed by atoms with E-state index >= 15 is 0 Å². The number of hydrogen-bond acceptors (Lipinski definition) is 3. The number of hydrogen-bond donors (Lipinski definition) is 1. The number of amides is 1. The quantitative estimate of drug-likeness (QED) is 0.785. The molecule has 19 heavy (non-hydrogen) atoms. The van der Waals surface area contributed by atoms with Crippen LogP contribution in [0.5, 0.6) is 0 Å². The van der Waals surface area contributed by atoms with Gasteiger partial charge in [0.25, 0.3) is 5.91 Å². The fourth-order valence-corrected chi connectivity index (χ4v) is 2.66. The van der Waals surface area contributed by atoms with Crippen LogP contribution in [0.15, 0.2) is 35.8 Å². The Kier molecular flexibility index (Phi) is 3.00. The van der Waals surface area contributed by atoms with Crippen LogP contribution in [0.2, 0.25) is 5.02 Å². The second kappa shape index (κ2) is 4.68. The van der Waals surface area contributed by atoms with Crippen LogP contribution < -0.4 is 5.32 Å². The summed E-state index contributed by atoms with van der Waals surface area (Å²) < 4.78 is 1.82. The highest BCUT2D eigenvalue weighted by molar-refractivity contribution is 7.13. The summed E-state index contributed by atoms with van der Waals surface area (Å²) >= 11 is 7.36. The van der Waals surface area contributed by atoms with E-state index in [-0.39, 0.29) is 5.91 Å². The van der Waals surface area contributed by atoms with E-state index < -0.39 is 0 Å². The van der Waals surface area contributed by atoms with Gasteiger partial charge in [0.05, 0.1) is 0 Å². The van der Waals surface area contributed by atoms with Crippen LogP contribution in [0, 0.1) is 0 Å². The molecule has 0 radical (unpaired) electrons. The molecule has 0 saturated carbocycles. The van der Waals surface area contributed by atoms with Gasteiger partial charge in [-0.15, -0.1) is 11.3 Å². The second-order valence-corrected chi connectivity index (χ2v) is 5.41. The fourth-order valence-electron chi connectivity index (χ4n) is 1.97. The van der Waals surface area contributed by atoms with Crippen LogP contribution in [0.25, 0.3) is 10.9 Å². The van der Waals surface area contributed by atoms with E-state index in [0.29, 0.717) is 15.8 Å². The summed E-state index contributed by atoms with van der Waals surface area (Å²) in [6.45, 7) is 0. The Morgan fingerprint density at radius 2 is 2.26 bits per heavy atom. The second-order valence-electron chi connectivity index (χ2n) is 4.08. The molecule has 0 fully saturated rings. The SMILES string of the molecule is Cn1c(C(=O)Nc2nccs2)cc2ccc(Cl)cc21. The smallest absolute Gasteiger partial charge is 0.274 e. The highest BCUT2D eigenvalue weighted by Gasteiger charge is 2.14. The maximum atomic E-state index is 12.2. The summed E-state index contributed by atoms with van der Waals surface area (Å²) in [4.78, 5) is 16.2. The molecule has 1 N–H and O–H groups in total. The average molecular weight is 292 g/mol. The fraction of sp³-hybridized carbons (Fsp3) is 0.0769. The lowest BCUT2D eigenvalue weighted by molar-refractivity contribution is 0.101. The van der Waals surface area contributed by atoms with Gasteiger partial charge in [-0.3, -0.25) is 10.1 Å². The topological polar surface area (TPSA) is 46.9 Å². The van der Waals surface area contributed by atoms with Gasteiger partial charge in [0, 0.05) is 34.6 Å². The molecule has 3 aromatic rings. The molecule has 0 bridgehead atoms. The monoisotopic (exact) mass is 291 g/mol. The van der Waals surface area contributed by atoms with E-state index in [1.165, 1.54) is 11.3 Å². The molecule has 0 aliphatic heterocycles. The first-order valence-corrected chi connectivity index (χ1v) is 6.87. The van der Waals surface area contributed by atoms with Gasteiger partial charge in [-0.25, -0.2) is 4.98 Å². The molecule has 6 heteroatoms. The summed E-state index contributed by atoms with van der Waals surface area (Å²) in [7, 11) is 1.84. The first-order valence-electron chi connectivity index (χ1n) is 5.61. The zero-order valence-corrected chi connectivity index (χ0v) is 11.6. The van der Waals surface area contributed by atoms with Gasteiger partial charge in [0.15, 0.2) is 5.13 Å². The van der Waals surface area contributed by atoms with Gasteiger partial charge in [-0.2, -0.15) is 0 Å². The van der Waals surface area contributed by atoms with Crippen molar-refractivity contribution in [2.24, 2.45) is 7.05 Å². The zero-order valence-electron chi connectivity index (χ0n) is 10.1. The van der Waals surface area contributed by atoms with Crippen molar-refractivity contribution < 1.29 is 4.79 Å². The number of anilines is 1. The minimum absolute atomic E-state index is 0.176. The number of carbonyl (C=O) groups excluding carboxylic acids is 1. The van der Waals surface area contributed by atoms with Crippen LogP contribution in [-0.4, -0.2) is 15.5 Å². The Balaban J connectivity index is 2.00. The van der Waals surface area contributed by atoms with Crippen LogP contribution in [0.3, 0.4) is 0 Å². The minimum Gasteiger partial charge on any atom is -0.340 e. The Morgan fingerprint density at radius 3 is 3.00 bits per heavy atom. The Labute approximate surface area is 118 Å². The number of nitrogens with zero attached hydrogens (tertiary/aromatic N) is 2. The third kappa shape index (κ3) is 2.22. The summed E-state index contributed by atoms with van der Waals surface area (Å²) in [5, 5.41) is 6.81. The largest absolute Gasteiger partial charge is 0.340 e. The standard InChI is InChI=1S/C13H10ClN3OS/c1-17-10-7-9(14)3-2-8(10)6-11(17)12(18)16-13-15-4-5-19-13/h2-7H,1H3,(H,15,16,18). The third-order valence-corrected chi connectivity index (χ3v) is 3.82.